The first-order valence-corrected chi connectivity index (χ1v) is 10.5. The van der Waals surface area contributed by atoms with Crippen LogP contribution in [0, 0.1) is 6.92 Å². The quantitative estimate of drug-likeness (QED) is 0.434. The molecule has 3 aromatic heterocycles. The van der Waals surface area contributed by atoms with Gasteiger partial charge in [-0.1, -0.05) is 30.3 Å². The van der Waals surface area contributed by atoms with Gasteiger partial charge in [0.15, 0.2) is 0 Å². The summed E-state index contributed by atoms with van der Waals surface area (Å²) in [6.45, 7) is 4.58. The second-order valence-corrected chi connectivity index (χ2v) is 8.19. The summed E-state index contributed by atoms with van der Waals surface area (Å²) in [6.07, 6.45) is 1.74. The van der Waals surface area contributed by atoms with Crippen LogP contribution in [0.3, 0.4) is 0 Å². The van der Waals surface area contributed by atoms with E-state index < -0.39 is 0 Å². The molecule has 1 unspecified atom stereocenters. The molecule has 6 heteroatoms. The normalized spacial score (nSPS) is 14.9. The van der Waals surface area contributed by atoms with E-state index in [4.69, 9.17) is 4.98 Å². The minimum Gasteiger partial charge on any atom is -0.311 e. The number of thiophene rings is 1. The van der Waals surface area contributed by atoms with Gasteiger partial charge in [0.05, 0.1) is 23.8 Å². The molecule has 0 saturated carbocycles. The van der Waals surface area contributed by atoms with Crippen molar-refractivity contribution in [3.8, 4) is 0 Å². The highest BCUT2D eigenvalue weighted by molar-refractivity contribution is 7.14. The number of fused-ring (bicyclic) bond motifs is 2. The largest absolute Gasteiger partial charge is 0.331 e. The van der Waals surface area contributed by atoms with E-state index in [0.717, 1.165) is 32.7 Å². The van der Waals surface area contributed by atoms with Gasteiger partial charge in [-0.3, -0.25) is 4.98 Å². The molecule has 0 aliphatic carbocycles. The van der Waals surface area contributed by atoms with Gasteiger partial charge in [0.1, 0.15) is 10.8 Å². The zero-order valence-electron chi connectivity index (χ0n) is 16.2. The third-order valence-corrected chi connectivity index (χ3v) is 6.34. The molecule has 29 heavy (non-hydrogen) atoms. The lowest BCUT2D eigenvalue weighted by Crippen LogP contribution is -2.46. The summed E-state index contributed by atoms with van der Waals surface area (Å²) in [5.41, 5.74) is 3.99. The lowest BCUT2D eigenvalue weighted by Gasteiger charge is -2.38. The zero-order chi connectivity index (χ0) is 20.0. The molecule has 1 aromatic carbocycles. The first-order chi connectivity index (χ1) is 14.1. The third-order valence-electron chi connectivity index (χ3n) is 5.31. The molecule has 0 bridgehead atoms. The van der Waals surface area contributed by atoms with Crippen LogP contribution in [-0.4, -0.2) is 20.9 Å². The standard InChI is InChI=1S/C23H20N4OS/c1-15-12-21(29-14-15)27-22-18(7-5-11-24-22)13-26(23(27)28)16(2)19-10-9-17-6-3-4-8-20(17)25-19/h3-12,14,16H,13H2,1-2H3. The highest BCUT2D eigenvalue weighted by Crippen LogP contribution is 2.39. The van der Waals surface area contributed by atoms with Gasteiger partial charge in [-0.2, -0.15) is 0 Å². The summed E-state index contributed by atoms with van der Waals surface area (Å²) in [5, 5.41) is 4.04. The number of hydrogen-bond donors (Lipinski definition) is 0. The molecule has 1 atom stereocenters. The van der Waals surface area contributed by atoms with Crippen molar-refractivity contribution in [1.82, 2.24) is 14.9 Å². The number of hydrogen-bond acceptors (Lipinski definition) is 4. The topological polar surface area (TPSA) is 49.3 Å². The van der Waals surface area contributed by atoms with Crippen LogP contribution >= 0.6 is 11.3 Å². The molecule has 1 aliphatic rings. The SMILES string of the molecule is Cc1csc(N2C(=O)N(C(C)c3ccc4ccccc4n3)Cc3cccnc32)c1. The molecule has 0 radical (unpaired) electrons. The molecule has 4 heterocycles. The fraction of sp³-hybridized carbons (Fsp3) is 0.174. The van der Waals surface area contributed by atoms with Crippen molar-refractivity contribution in [2.24, 2.45) is 0 Å². The predicted octanol–water partition coefficient (Wildman–Crippen LogP) is 5.83. The summed E-state index contributed by atoms with van der Waals surface area (Å²) < 4.78 is 0. The zero-order valence-corrected chi connectivity index (χ0v) is 17.1. The Bertz CT molecular complexity index is 1220. The number of nitrogens with zero attached hydrogens (tertiary/aromatic N) is 4. The van der Waals surface area contributed by atoms with Crippen LogP contribution in [0.4, 0.5) is 15.6 Å². The number of benzene rings is 1. The van der Waals surface area contributed by atoms with Crippen molar-refractivity contribution in [2.75, 3.05) is 4.90 Å². The molecule has 0 spiro atoms. The van der Waals surface area contributed by atoms with Crippen LogP contribution in [0.5, 0.6) is 0 Å². The highest BCUT2D eigenvalue weighted by atomic mass is 32.1. The van der Waals surface area contributed by atoms with Crippen LogP contribution < -0.4 is 4.90 Å². The minimum absolute atomic E-state index is 0.0690. The smallest absolute Gasteiger partial charge is 0.311 e. The Hall–Kier alpha value is -3.25. The van der Waals surface area contributed by atoms with E-state index in [9.17, 15) is 4.79 Å². The van der Waals surface area contributed by atoms with Crippen molar-refractivity contribution in [3.63, 3.8) is 0 Å². The van der Waals surface area contributed by atoms with E-state index >= 15 is 0 Å². The second kappa shape index (κ2) is 6.97. The van der Waals surface area contributed by atoms with Crippen molar-refractivity contribution in [1.29, 1.82) is 0 Å². The van der Waals surface area contributed by atoms with Crippen molar-refractivity contribution < 1.29 is 4.79 Å². The van der Waals surface area contributed by atoms with E-state index in [0.29, 0.717) is 12.4 Å². The van der Waals surface area contributed by atoms with Gasteiger partial charge in [-0.15, -0.1) is 11.3 Å². The van der Waals surface area contributed by atoms with Crippen molar-refractivity contribution in [2.45, 2.75) is 26.4 Å². The van der Waals surface area contributed by atoms with Gasteiger partial charge in [0.25, 0.3) is 0 Å². The van der Waals surface area contributed by atoms with Crippen LogP contribution in [0.25, 0.3) is 10.9 Å². The average molecular weight is 401 g/mol. The van der Waals surface area contributed by atoms with E-state index in [1.165, 1.54) is 0 Å². The maximum atomic E-state index is 13.6. The first kappa shape index (κ1) is 17.8. The van der Waals surface area contributed by atoms with Gasteiger partial charge in [0.2, 0.25) is 0 Å². The molecule has 2 amide bonds. The predicted molar refractivity (Wildman–Crippen MR) is 117 cm³/mol. The number of para-hydroxylation sites is 1. The summed E-state index contributed by atoms with van der Waals surface area (Å²) in [4.78, 5) is 26.5. The van der Waals surface area contributed by atoms with Crippen LogP contribution in [0.2, 0.25) is 0 Å². The summed E-state index contributed by atoms with van der Waals surface area (Å²) in [6, 6.07) is 17.9. The molecule has 5 rings (SSSR count). The Balaban J connectivity index is 1.57. The number of amides is 2. The van der Waals surface area contributed by atoms with Crippen molar-refractivity contribution >= 4 is 39.1 Å². The molecule has 5 nitrogen and oxygen atoms in total. The minimum atomic E-state index is -0.163. The van der Waals surface area contributed by atoms with Gasteiger partial charge in [0, 0.05) is 17.1 Å². The Kier molecular flexibility index (Phi) is 4.28. The third kappa shape index (κ3) is 3.06. The number of pyridine rings is 2. The van der Waals surface area contributed by atoms with E-state index in [-0.39, 0.29) is 12.1 Å². The van der Waals surface area contributed by atoms with E-state index in [2.05, 4.69) is 16.4 Å². The summed E-state index contributed by atoms with van der Waals surface area (Å²) >= 11 is 1.56. The van der Waals surface area contributed by atoms with Gasteiger partial charge < -0.3 is 4.90 Å². The maximum Gasteiger partial charge on any atom is 0.331 e. The lowest BCUT2D eigenvalue weighted by atomic mass is 10.1. The molecular formula is C23H20N4OS. The highest BCUT2D eigenvalue weighted by Gasteiger charge is 2.36. The van der Waals surface area contributed by atoms with Gasteiger partial charge in [-0.25, -0.2) is 14.7 Å². The monoisotopic (exact) mass is 400 g/mol. The lowest BCUT2D eigenvalue weighted by molar-refractivity contribution is 0.179. The molecule has 0 fully saturated rings. The molecule has 0 N–H and O–H groups in total. The van der Waals surface area contributed by atoms with Crippen molar-refractivity contribution in [3.05, 3.63) is 83.0 Å². The van der Waals surface area contributed by atoms with Gasteiger partial charge in [-0.05, 0) is 49.1 Å². The number of rotatable bonds is 3. The Morgan fingerprint density at radius 1 is 1.10 bits per heavy atom. The number of carbonyl (C=O) groups is 1. The van der Waals surface area contributed by atoms with E-state index in [1.54, 1.807) is 22.4 Å². The van der Waals surface area contributed by atoms with Crippen LogP contribution in [-0.2, 0) is 6.54 Å². The molecule has 144 valence electrons. The second-order valence-electron chi connectivity index (χ2n) is 7.30. The van der Waals surface area contributed by atoms with Crippen LogP contribution in [0.1, 0.15) is 29.8 Å². The fourth-order valence-corrected chi connectivity index (χ4v) is 4.63. The Labute approximate surface area is 173 Å². The first-order valence-electron chi connectivity index (χ1n) is 9.57. The molecule has 1 aliphatic heterocycles. The van der Waals surface area contributed by atoms with Crippen LogP contribution in [0.15, 0.2) is 66.2 Å². The Morgan fingerprint density at radius 2 is 1.97 bits per heavy atom. The fourth-order valence-electron chi connectivity index (χ4n) is 3.73. The Morgan fingerprint density at radius 3 is 2.79 bits per heavy atom. The summed E-state index contributed by atoms with van der Waals surface area (Å²) in [7, 11) is 0. The molecular weight excluding hydrogens is 380 g/mol. The summed E-state index contributed by atoms with van der Waals surface area (Å²) in [5.74, 6) is 0.717. The molecule has 4 aromatic rings. The van der Waals surface area contributed by atoms with E-state index in [1.807, 2.05) is 67.3 Å². The number of anilines is 2. The average Bonchev–Trinajstić information content (AvgIpc) is 3.18. The molecule has 0 saturated heterocycles. The van der Waals surface area contributed by atoms with Gasteiger partial charge >= 0.3 is 6.03 Å². The number of aromatic nitrogens is 2. The maximum absolute atomic E-state index is 13.6. The number of carbonyl (C=O) groups excluding carboxylic acids is 1. The number of aryl methyl sites for hydroxylation is 1. The number of urea groups is 1.